The molecule has 0 aliphatic carbocycles. The highest BCUT2D eigenvalue weighted by Gasteiger charge is 2.55. The number of hydrogen-bond acceptors (Lipinski definition) is 9. The van der Waals surface area contributed by atoms with Gasteiger partial charge in [-0.2, -0.15) is 13.2 Å². The Morgan fingerprint density at radius 1 is 0.868 bits per heavy atom. The SMILES string of the molecule is COc1ccc(C(OC2C(NC(=O)C(F)(F)F)[C@@H](n3ccc(=O)[nH]c3=O)O[C@H]2CC(CC(=O)O)C(=O)O)(c2ccccc2)c2ccc(OC)cc2)cc1. The molecule has 5 rings (SSSR count). The van der Waals surface area contributed by atoms with Crippen LogP contribution in [0.4, 0.5) is 13.2 Å². The number of ether oxygens (including phenoxy) is 4. The summed E-state index contributed by atoms with van der Waals surface area (Å²) in [6, 6.07) is 20.4. The summed E-state index contributed by atoms with van der Waals surface area (Å²) >= 11 is 0. The Morgan fingerprint density at radius 3 is 1.89 bits per heavy atom. The highest BCUT2D eigenvalue weighted by molar-refractivity contribution is 5.82. The lowest BCUT2D eigenvalue weighted by atomic mass is 9.79. The molecule has 0 saturated carbocycles. The molecule has 280 valence electrons. The zero-order valence-corrected chi connectivity index (χ0v) is 28.1. The summed E-state index contributed by atoms with van der Waals surface area (Å²) in [5.74, 6) is -6.27. The van der Waals surface area contributed by atoms with Crippen LogP contribution in [0.2, 0.25) is 0 Å². The summed E-state index contributed by atoms with van der Waals surface area (Å²) in [6.07, 6.45) is -11.2. The summed E-state index contributed by atoms with van der Waals surface area (Å²) in [4.78, 5) is 63.8. The number of nitrogens with one attached hydrogen (secondary N) is 2. The third-order valence-electron chi connectivity index (χ3n) is 8.80. The molecule has 3 unspecified atom stereocenters. The van der Waals surface area contributed by atoms with E-state index in [-0.39, 0.29) is 0 Å². The van der Waals surface area contributed by atoms with E-state index in [0.29, 0.717) is 28.2 Å². The molecule has 0 radical (unpaired) electrons. The largest absolute Gasteiger partial charge is 0.497 e. The maximum absolute atomic E-state index is 13.9. The van der Waals surface area contributed by atoms with Crippen molar-refractivity contribution in [3.63, 3.8) is 0 Å². The molecule has 0 spiro atoms. The smallest absolute Gasteiger partial charge is 0.471 e. The standard InChI is InChI=1S/C36H34F3N3O11/c1-50-24-12-8-22(9-13-24)35(21-6-4-3-5-7-21,23-10-14-25(51-2)15-11-23)53-30-26(18-20(32(46)47)19-28(44)45)52-31(29(30)41-33(48)36(37,38)39)42-17-16-27(43)40-34(42)49/h3-17,20,26,29-31H,18-19H2,1-2H3,(H,41,48)(H,44,45)(H,46,47)(H,40,43,49)/t20?,26-,29?,30?,31-/m0/s1. The molecule has 17 heteroatoms. The van der Waals surface area contributed by atoms with Crippen molar-refractivity contribution < 1.29 is 56.7 Å². The predicted octanol–water partition coefficient (Wildman–Crippen LogP) is 3.44. The number of aromatic nitrogens is 2. The number of carbonyl (C=O) groups is 3. The predicted molar refractivity (Wildman–Crippen MR) is 178 cm³/mol. The molecule has 1 amide bonds. The van der Waals surface area contributed by atoms with Crippen molar-refractivity contribution in [1.82, 2.24) is 14.9 Å². The van der Waals surface area contributed by atoms with E-state index in [1.165, 1.54) is 14.2 Å². The average molecular weight is 742 g/mol. The van der Waals surface area contributed by atoms with Gasteiger partial charge < -0.3 is 34.5 Å². The van der Waals surface area contributed by atoms with Gasteiger partial charge in [0, 0.05) is 12.3 Å². The second kappa shape index (κ2) is 15.7. The average Bonchev–Trinajstić information content (AvgIpc) is 3.45. The monoisotopic (exact) mass is 741 g/mol. The molecule has 4 aromatic rings. The Hall–Kier alpha value is -5.94. The second-order valence-electron chi connectivity index (χ2n) is 12.0. The van der Waals surface area contributed by atoms with Crippen molar-refractivity contribution >= 4 is 17.8 Å². The molecule has 0 bridgehead atoms. The number of H-pyrrole nitrogens is 1. The van der Waals surface area contributed by atoms with Gasteiger partial charge in [0.05, 0.1) is 32.7 Å². The van der Waals surface area contributed by atoms with Crippen LogP contribution in [0.5, 0.6) is 11.5 Å². The number of amides is 1. The number of alkyl halides is 3. The van der Waals surface area contributed by atoms with E-state index in [9.17, 15) is 47.4 Å². The normalized spacial score (nSPS) is 19.3. The van der Waals surface area contributed by atoms with Crippen LogP contribution in [0.3, 0.4) is 0 Å². The van der Waals surface area contributed by atoms with Gasteiger partial charge >= 0.3 is 29.7 Å². The van der Waals surface area contributed by atoms with Crippen LogP contribution in [-0.2, 0) is 29.5 Å². The number of nitrogens with zero attached hydrogens (tertiary/aromatic N) is 1. The minimum atomic E-state index is -5.45. The first-order valence-corrected chi connectivity index (χ1v) is 16.0. The first-order valence-electron chi connectivity index (χ1n) is 16.0. The van der Waals surface area contributed by atoms with Crippen LogP contribution in [0.1, 0.15) is 35.8 Å². The van der Waals surface area contributed by atoms with E-state index in [1.54, 1.807) is 78.9 Å². The Morgan fingerprint density at radius 2 is 1.42 bits per heavy atom. The molecule has 53 heavy (non-hydrogen) atoms. The summed E-state index contributed by atoms with van der Waals surface area (Å²) in [5.41, 5.74) is -2.57. The minimum Gasteiger partial charge on any atom is -0.497 e. The lowest BCUT2D eigenvalue weighted by molar-refractivity contribution is -0.176. The molecule has 1 aliphatic heterocycles. The zero-order chi connectivity index (χ0) is 38.5. The van der Waals surface area contributed by atoms with Gasteiger partial charge in [0.2, 0.25) is 0 Å². The summed E-state index contributed by atoms with van der Waals surface area (Å²) in [5, 5.41) is 21.4. The number of benzene rings is 3. The van der Waals surface area contributed by atoms with Crippen LogP contribution in [0, 0.1) is 5.92 Å². The molecule has 1 aliphatic rings. The summed E-state index contributed by atoms with van der Waals surface area (Å²) in [7, 11) is 2.89. The Labute approximate surface area is 298 Å². The number of aliphatic carboxylic acids is 2. The molecule has 4 N–H and O–H groups in total. The van der Waals surface area contributed by atoms with Gasteiger partial charge in [-0.25, -0.2) is 4.79 Å². The molecular weight excluding hydrogens is 707 g/mol. The van der Waals surface area contributed by atoms with E-state index in [2.05, 4.69) is 0 Å². The van der Waals surface area contributed by atoms with E-state index in [0.717, 1.165) is 16.8 Å². The van der Waals surface area contributed by atoms with Gasteiger partial charge in [0.1, 0.15) is 29.2 Å². The van der Waals surface area contributed by atoms with Crippen molar-refractivity contribution in [3.05, 3.63) is 129 Å². The number of methoxy groups -OCH3 is 2. The van der Waals surface area contributed by atoms with E-state index < -0.39 is 84.1 Å². The van der Waals surface area contributed by atoms with E-state index in [4.69, 9.17) is 18.9 Å². The highest BCUT2D eigenvalue weighted by atomic mass is 19.4. The van der Waals surface area contributed by atoms with Crippen LogP contribution >= 0.6 is 0 Å². The highest BCUT2D eigenvalue weighted by Crippen LogP contribution is 2.46. The minimum absolute atomic E-state index is 0.388. The fourth-order valence-corrected chi connectivity index (χ4v) is 6.32. The number of rotatable bonds is 14. The zero-order valence-electron chi connectivity index (χ0n) is 28.1. The Bertz CT molecular complexity index is 1990. The van der Waals surface area contributed by atoms with Crippen LogP contribution in [-0.4, -0.2) is 76.3 Å². The van der Waals surface area contributed by atoms with Crippen molar-refractivity contribution in [3.8, 4) is 11.5 Å². The number of aromatic amines is 1. The van der Waals surface area contributed by atoms with Gasteiger partial charge in [0.15, 0.2) is 6.23 Å². The van der Waals surface area contributed by atoms with E-state index >= 15 is 0 Å². The van der Waals surface area contributed by atoms with Gasteiger partial charge in [-0.15, -0.1) is 0 Å². The quantitative estimate of drug-likeness (QED) is 0.138. The maximum Gasteiger partial charge on any atom is 0.471 e. The van der Waals surface area contributed by atoms with Gasteiger partial charge in [-0.05, 0) is 47.4 Å². The first kappa shape index (κ1) is 38.3. The van der Waals surface area contributed by atoms with Gasteiger partial charge in [-0.3, -0.25) is 28.7 Å². The topological polar surface area (TPSA) is 195 Å². The number of carboxylic acid groups (broad SMARTS) is 2. The fourth-order valence-electron chi connectivity index (χ4n) is 6.32. The third kappa shape index (κ3) is 8.26. The molecule has 3 aromatic carbocycles. The molecule has 1 aromatic heterocycles. The number of halogens is 3. The van der Waals surface area contributed by atoms with E-state index in [1.807, 2.05) is 10.3 Å². The van der Waals surface area contributed by atoms with Crippen molar-refractivity contribution in [1.29, 1.82) is 0 Å². The molecule has 14 nitrogen and oxygen atoms in total. The third-order valence-corrected chi connectivity index (χ3v) is 8.80. The molecule has 5 atom stereocenters. The van der Waals surface area contributed by atoms with Gasteiger partial charge in [-0.1, -0.05) is 54.6 Å². The lowest BCUT2D eigenvalue weighted by Crippen LogP contribution is -2.54. The van der Waals surface area contributed by atoms with Crippen molar-refractivity contribution in [2.45, 2.75) is 49.1 Å². The first-order chi connectivity index (χ1) is 25.2. The number of carboxylic acids is 2. The molecule has 1 saturated heterocycles. The molecular formula is C36H34F3N3O11. The number of hydrogen-bond donors (Lipinski definition) is 4. The van der Waals surface area contributed by atoms with Crippen molar-refractivity contribution in [2.24, 2.45) is 5.92 Å². The molecule has 1 fully saturated rings. The maximum atomic E-state index is 13.9. The van der Waals surface area contributed by atoms with Crippen LogP contribution < -0.4 is 26.0 Å². The van der Waals surface area contributed by atoms with Crippen molar-refractivity contribution in [2.75, 3.05) is 14.2 Å². The number of carbonyl (C=O) groups excluding carboxylic acids is 1. The van der Waals surface area contributed by atoms with Crippen LogP contribution in [0.15, 0.2) is 101 Å². The Balaban J connectivity index is 1.81. The summed E-state index contributed by atoms with van der Waals surface area (Å²) < 4.78 is 66.4. The van der Waals surface area contributed by atoms with Gasteiger partial charge in [0.25, 0.3) is 5.56 Å². The Kier molecular flexibility index (Phi) is 11.4. The van der Waals surface area contributed by atoms with Crippen LogP contribution in [0.25, 0.3) is 0 Å². The molecule has 2 heterocycles. The fraction of sp³-hybridized carbons (Fsp3) is 0.306. The summed E-state index contributed by atoms with van der Waals surface area (Å²) in [6.45, 7) is 0. The lowest BCUT2D eigenvalue weighted by Gasteiger charge is -2.41. The second-order valence-corrected chi connectivity index (χ2v) is 12.0.